The Balaban J connectivity index is 1.04. The Labute approximate surface area is 349 Å². The molecule has 10 aromatic rings. The van der Waals surface area contributed by atoms with E-state index in [1.165, 1.54) is 87.6 Å². The van der Waals surface area contributed by atoms with Crippen molar-refractivity contribution >= 4 is 49.2 Å². The summed E-state index contributed by atoms with van der Waals surface area (Å²) in [5.41, 5.74) is 11.7. The van der Waals surface area contributed by atoms with E-state index in [2.05, 4.69) is 203 Å². The predicted octanol–water partition coefficient (Wildman–Crippen LogP) is 14.5. The van der Waals surface area contributed by atoms with Gasteiger partial charge in [0.15, 0.2) is 11.6 Å². The summed E-state index contributed by atoms with van der Waals surface area (Å²) in [6.45, 7) is 7.03. The standard InChI is InChI=1S/C57H41N3/c1-56(2)51-20-9-8-17-46(51)47-19-10-18-45(52(47)56)39-29-30-50-40(32-39)14-11-31-57(50,3)55-59-53(41-27-25-37-23-21-35-12-4-6-15-43(35)48(37)33-41)58-54(60-55)42-28-26-38-24-22-36-13-5-7-16-44(36)49(38)34-42/h4-30,32-34H,31H2,1-3H3. The Bertz CT molecular complexity index is 3330. The third-order valence-electron chi connectivity index (χ3n) is 13.5. The minimum atomic E-state index is -0.504. The van der Waals surface area contributed by atoms with Gasteiger partial charge in [-0.1, -0.05) is 178 Å². The number of benzene rings is 9. The SMILES string of the molecule is CC1(C)c2ccccc2-c2cccc(-c3ccc4c(c3)C=CCC4(C)c3nc(-c4ccc5ccc6ccccc6c5c4)nc(-c4ccc5ccc6ccccc6c5c4)n3)c21. The molecule has 1 atom stereocenters. The second-order valence-electron chi connectivity index (χ2n) is 17.4. The molecule has 60 heavy (non-hydrogen) atoms. The second kappa shape index (κ2) is 12.9. The summed E-state index contributed by atoms with van der Waals surface area (Å²) in [5.74, 6) is 2.13. The summed E-state index contributed by atoms with van der Waals surface area (Å²) in [5, 5.41) is 9.64. The molecule has 0 N–H and O–H groups in total. The van der Waals surface area contributed by atoms with Crippen LogP contribution in [-0.2, 0) is 10.8 Å². The highest BCUT2D eigenvalue weighted by atomic mass is 15.0. The molecular weight excluding hydrogens is 727 g/mol. The first-order chi connectivity index (χ1) is 29.3. The van der Waals surface area contributed by atoms with Crippen LogP contribution in [0.1, 0.15) is 55.3 Å². The van der Waals surface area contributed by atoms with Crippen molar-refractivity contribution in [3.05, 3.63) is 204 Å². The lowest BCUT2D eigenvalue weighted by Gasteiger charge is -2.33. The number of rotatable bonds is 4. The maximum Gasteiger partial charge on any atom is 0.163 e. The van der Waals surface area contributed by atoms with Gasteiger partial charge < -0.3 is 0 Å². The quantitative estimate of drug-likeness (QED) is 0.167. The zero-order valence-corrected chi connectivity index (χ0v) is 33.9. The smallest absolute Gasteiger partial charge is 0.163 e. The number of hydrogen-bond donors (Lipinski definition) is 0. The van der Waals surface area contributed by atoms with E-state index in [9.17, 15) is 0 Å². The molecule has 0 fully saturated rings. The summed E-state index contributed by atoms with van der Waals surface area (Å²) < 4.78 is 0. The largest absolute Gasteiger partial charge is 0.212 e. The van der Waals surface area contributed by atoms with Crippen LogP contribution >= 0.6 is 0 Å². The monoisotopic (exact) mass is 767 g/mol. The first-order valence-corrected chi connectivity index (χ1v) is 21.0. The Hall–Kier alpha value is -7.23. The van der Waals surface area contributed by atoms with Gasteiger partial charge in [0.05, 0.1) is 5.41 Å². The number of allylic oxidation sites excluding steroid dienone is 1. The van der Waals surface area contributed by atoms with E-state index < -0.39 is 5.41 Å². The number of nitrogens with zero attached hydrogens (tertiary/aromatic N) is 3. The Morgan fingerprint density at radius 2 is 0.950 bits per heavy atom. The molecule has 3 nitrogen and oxygen atoms in total. The van der Waals surface area contributed by atoms with Crippen LogP contribution in [0.25, 0.3) is 94.2 Å². The van der Waals surface area contributed by atoms with Gasteiger partial charge in [-0.2, -0.15) is 0 Å². The average Bonchev–Trinajstić information content (AvgIpc) is 3.54. The summed E-state index contributed by atoms with van der Waals surface area (Å²) in [4.78, 5) is 16.2. The molecule has 0 aliphatic heterocycles. The van der Waals surface area contributed by atoms with Gasteiger partial charge in [-0.3, -0.25) is 0 Å². The lowest BCUT2D eigenvalue weighted by molar-refractivity contribution is 0.533. The highest BCUT2D eigenvalue weighted by Crippen LogP contribution is 2.52. The first-order valence-electron chi connectivity index (χ1n) is 21.0. The van der Waals surface area contributed by atoms with E-state index in [0.29, 0.717) is 11.6 Å². The van der Waals surface area contributed by atoms with Crippen molar-refractivity contribution in [1.29, 1.82) is 0 Å². The number of aromatic nitrogens is 3. The molecule has 0 saturated heterocycles. The fourth-order valence-electron chi connectivity index (χ4n) is 10.4. The van der Waals surface area contributed by atoms with Gasteiger partial charge >= 0.3 is 0 Å². The second-order valence-corrected chi connectivity index (χ2v) is 17.4. The number of hydrogen-bond acceptors (Lipinski definition) is 3. The van der Waals surface area contributed by atoms with Crippen molar-refractivity contribution in [2.75, 3.05) is 0 Å². The predicted molar refractivity (Wildman–Crippen MR) is 250 cm³/mol. The van der Waals surface area contributed by atoms with E-state index in [-0.39, 0.29) is 5.41 Å². The van der Waals surface area contributed by atoms with Crippen molar-refractivity contribution < 1.29 is 0 Å². The van der Waals surface area contributed by atoms with Gasteiger partial charge in [0.2, 0.25) is 0 Å². The highest BCUT2D eigenvalue weighted by Gasteiger charge is 2.39. The van der Waals surface area contributed by atoms with Crippen LogP contribution in [0.3, 0.4) is 0 Å². The molecule has 0 saturated carbocycles. The van der Waals surface area contributed by atoms with Crippen LogP contribution in [-0.4, -0.2) is 15.0 Å². The Morgan fingerprint density at radius 3 is 1.62 bits per heavy atom. The van der Waals surface area contributed by atoms with Gasteiger partial charge in [-0.25, -0.2) is 15.0 Å². The van der Waals surface area contributed by atoms with Crippen molar-refractivity contribution in [2.24, 2.45) is 0 Å². The first kappa shape index (κ1) is 34.8. The average molecular weight is 768 g/mol. The summed E-state index contributed by atoms with van der Waals surface area (Å²) in [6, 6.07) is 61.9. The molecule has 3 heteroatoms. The minimum absolute atomic E-state index is 0.107. The van der Waals surface area contributed by atoms with Crippen LogP contribution < -0.4 is 0 Å². The van der Waals surface area contributed by atoms with E-state index >= 15 is 0 Å². The molecule has 284 valence electrons. The van der Waals surface area contributed by atoms with E-state index in [4.69, 9.17) is 15.0 Å². The lowest BCUT2D eigenvalue weighted by atomic mass is 9.72. The van der Waals surface area contributed by atoms with Crippen LogP contribution in [0, 0.1) is 0 Å². The highest BCUT2D eigenvalue weighted by molar-refractivity contribution is 6.09. The van der Waals surface area contributed by atoms with Crippen molar-refractivity contribution in [2.45, 2.75) is 38.0 Å². The Morgan fingerprint density at radius 1 is 0.417 bits per heavy atom. The zero-order chi connectivity index (χ0) is 40.2. The van der Waals surface area contributed by atoms with Crippen molar-refractivity contribution in [1.82, 2.24) is 15.0 Å². The molecule has 2 aliphatic carbocycles. The van der Waals surface area contributed by atoms with Crippen LogP contribution in [0.15, 0.2) is 176 Å². The molecule has 0 radical (unpaired) electrons. The zero-order valence-electron chi connectivity index (χ0n) is 33.9. The molecule has 12 rings (SSSR count). The summed E-state index contributed by atoms with van der Waals surface area (Å²) >= 11 is 0. The molecule has 0 spiro atoms. The molecule has 0 bridgehead atoms. The number of fused-ring (bicyclic) bond motifs is 10. The van der Waals surface area contributed by atoms with E-state index in [1.807, 2.05) is 0 Å². The van der Waals surface area contributed by atoms with Crippen LogP contribution in [0.5, 0.6) is 0 Å². The van der Waals surface area contributed by atoms with Crippen molar-refractivity contribution in [3.63, 3.8) is 0 Å². The molecule has 1 aromatic heterocycles. The molecular formula is C57H41N3. The summed E-state index contributed by atoms with van der Waals surface area (Å²) in [7, 11) is 0. The molecule has 1 heterocycles. The fraction of sp³-hybridized carbons (Fsp3) is 0.105. The molecule has 1 unspecified atom stereocenters. The van der Waals surface area contributed by atoms with Gasteiger partial charge in [0.25, 0.3) is 0 Å². The molecule has 9 aromatic carbocycles. The lowest BCUT2D eigenvalue weighted by Crippen LogP contribution is -2.29. The topological polar surface area (TPSA) is 38.7 Å². The molecule has 2 aliphatic rings. The third kappa shape index (κ3) is 5.18. The maximum atomic E-state index is 5.44. The van der Waals surface area contributed by atoms with Gasteiger partial charge in [0.1, 0.15) is 5.82 Å². The van der Waals surface area contributed by atoms with Gasteiger partial charge in [-0.15, -0.1) is 0 Å². The Kier molecular flexibility index (Phi) is 7.47. The van der Waals surface area contributed by atoms with E-state index in [0.717, 1.165) is 23.4 Å². The van der Waals surface area contributed by atoms with Gasteiger partial charge in [-0.05, 0) is 119 Å². The summed E-state index contributed by atoms with van der Waals surface area (Å²) in [6.07, 6.45) is 5.36. The fourth-order valence-corrected chi connectivity index (χ4v) is 10.4. The molecule has 0 amide bonds. The van der Waals surface area contributed by atoms with Crippen LogP contribution in [0.2, 0.25) is 0 Å². The van der Waals surface area contributed by atoms with E-state index in [1.54, 1.807) is 0 Å². The normalized spacial score (nSPS) is 16.3. The third-order valence-corrected chi connectivity index (χ3v) is 13.5. The van der Waals surface area contributed by atoms with Gasteiger partial charge in [0, 0.05) is 16.5 Å². The van der Waals surface area contributed by atoms with Crippen LogP contribution in [0.4, 0.5) is 0 Å². The minimum Gasteiger partial charge on any atom is -0.212 e. The maximum absolute atomic E-state index is 5.44. The van der Waals surface area contributed by atoms with Crippen molar-refractivity contribution in [3.8, 4) is 45.0 Å².